The number of rotatable bonds is 16. The molecule has 378 valence electrons. The van der Waals surface area contributed by atoms with E-state index in [0.29, 0.717) is 5.56 Å². The van der Waals surface area contributed by atoms with Crippen LogP contribution in [0.1, 0.15) is 71.4 Å². The predicted molar refractivity (Wildman–Crippen MR) is 265 cm³/mol. The van der Waals surface area contributed by atoms with Crippen molar-refractivity contribution in [2.75, 3.05) is 13.2 Å². The monoisotopic (exact) mass is 1030 g/mol. The highest BCUT2D eigenvalue weighted by Gasteiger charge is 2.53. The maximum absolute atomic E-state index is 12.7. The quantitative estimate of drug-likeness (QED) is 0.0279. The number of fused-ring (bicyclic) bond motifs is 1. The molecule has 0 aliphatic carbocycles. The van der Waals surface area contributed by atoms with Crippen molar-refractivity contribution < 1.29 is 62.1 Å². The van der Waals surface area contributed by atoms with Crippen molar-refractivity contribution in [1.82, 2.24) is 5.32 Å². The van der Waals surface area contributed by atoms with Gasteiger partial charge in [0.05, 0.1) is 43.6 Å². The minimum absolute atomic E-state index is 0.196. The summed E-state index contributed by atoms with van der Waals surface area (Å²) in [6, 6.07) is 44.5. The van der Waals surface area contributed by atoms with E-state index in [4.69, 9.17) is 82.8 Å². The molecule has 1 amide bonds. The zero-order chi connectivity index (χ0) is 51.0. The normalized spacial score (nSPS) is 21.1. The number of aliphatic hydroxyl groups excluding tert-OH is 1. The van der Waals surface area contributed by atoms with Gasteiger partial charge in [-0.2, -0.15) is 0 Å². The number of hydrogen-bond acceptors (Lipinski definition) is 14. The van der Waals surface area contributed by atoms with Gasteiger partial charge in [0.15, 0.2) is 12.4 Å². The lowest BCUT2D eigenvalue weighted by molar-refractivity contribution is -0.363. The first-order valence-corrected chi connectivity index (χ1v) is 23.9. The first-order valence-electron chi connectivity index (χ1n) is 22.7. The maximum atomic E-state index is 12.7. The van der Waals surface area contributed by atoms with E-state index < -0.39 is 95.2 Å². The number of alkyl carbamates (subject to hydrolysis) is 1. The number of esters is 2. The van der Waals surface area contributed by atoms with Crippen LogP contribution >= 0.6 is 34.8 Å². The van der Waals surface area contributed by atoms with Crippen LogP contribution in [-0.2, 0) is 55.8 Å². The molecule has 3 N–H and O–H groups in total. The molecule has 7 rings (SSSR count). The number of carbonyl (C=O) groups is 3. The Bertz CT molecular complexity index is 2430. The maximum Gasteiger partial charge on any atom is 0.408 e. The Balaban J connectivity index is 0.000000238. The Labute approximate surface area is 427 Å². The molecule has 6 unspecified atom stereocenters. The number of hydrogen-bond donors (Lipinski definition) is 3. The van der Waals surface area contributed by atoms with Gasteiger partial charge in [0.2, 0.25) is 12.2 Å². The smallest absolute Gasteiger partial charge is 0.408 e. The van der Waals surface area contributed by atoms with Crippen LogP contribution in [0.25, 0.3) is 0 Å². The minimum Gasteiger partial charge on any atom is -0.455 e. The van der Waals surface area contributed by atoms with Crippen LogP contribution in [0.5, 0.6) is 0 Å². The van der Waals surface area contributed by atoms with Crippen molar-refractivity contribution in [2.24, 2.45) is 0 Å². The van der Waals surface area contributed by atoms with Gasteiger partial charge in [-0.1, -0.05) is 162 Å². The van der Waals surface area contributed by atoms with Crippen molar-refractivity contribution in [1.29, 1.82) is 5.41 Å². The van der Waals surface area contributed by atoms with Crippen LogP contribution in [0.3, 0.4) is 0 Å². The third-order valence-electron chi connectivity index (χ3n) is 10.7. The highest BCUT2D eigenvalue weighted by atomic mass is 35.6. The van der Waals surface area contributed by atoms with Gasteiger partial charge in [-0.25, -0.2) is 14.4 Å². The lowest BCUT2D eigenvalue weighted by Gasteiger charge is -2.48. The van der Waals surface area contributed by atoms with Crippen LogP contribution in [0.4, 0.5) is 4.79 Å². The number of carbonyl (C=O) groups excluding carboxylic acids is 3. The second-order valence-corrected chi connectivity index (χ2v) is 19.6. The molecular weight excluding hydrogens is 979 g/mol. The zero-order valence-corrected chi connectivity index (χ0v) is 41.7. The molecule has 9 atom stereocenters. The number of alkyl halides is 3. The first-order chi connectivity index (χ1) is 34.0. The SMILES string of the molecule is C[C@@H](OC(=O)c1ccccc1)[C@@H](OC(=O)c1ccccc1)[C@H](CO)NC(=O)OC(C)(C)C.N=C(OC1OC2COC(c3ccccc3)OC2C(OCc2ccccc2)C1OCc1ccccc1)C(Cl)(Cl)Cl. The number of benzene rings is 5. The standard InChI is InChI=1S/C29H28Cl3NO6.C24H29NO7/c30-29(31,32)28(33)39-27-25(35-17-20-12-6-2-7-13-20)24(34-16-19-10-4-1-5-11-19)23-22(37-27)18-36-26(38-23)21-14-8-3-9-15-21;1-16(30-21(27)17-11-7-5-8-12-17)20(31-22(28)18-13-9-6-10-14-18)19(15-26)25-23(29)32-24(2,3)4/h1-15,22-27,33H,16-18H2;5-14,16,19-20,26H,15H2,1-4H3,(H,25,29)/t;16-,19+,20-/m.1/s1. The summed E-state index contributed by atoms with van der Waals surface area (Å²) in [5.41, 5.74) is 2.59. The van der Waals surface area contributed by atoms with Crippen molar-refractivity contribution in [3.8, 4) is 0 Å². The first kappa shape index (κ1) is 54.7. The molecule has 5 aromatic carbocycles. The van der Waals surface area contributed by atoms with Gasteiger partial charge in [-0.3, -0.25) is 5.41 Å². The van der Waals surface area contributed by atoms with Crippen molar-refractivity contribution in [3.05, 3.63) is 179 Å². The number of ether oxygens (including phenoxy) is 9. The molecule has 2 heterocycles. The fourth-order valence-electron chi connectivity index (χ4n) is 7.34. The minimum atomic E-state index is -2.08. The summed E-state index contributed by atoms with van der Waals surface area (Å²) in [6.07, 6.45) is -7.40. The summed E-state index contributed by atoms with van der Waals surface area (Å²) in [5.74, 6) is -1.92. The van der Waals surface area contributed by atoms with E-state index in [1.165, 1.54) is 6.92 Å². The molecule has 71 heavy (non-hydrogen) atoms. The number of nitrogens with one attached hydrogen (secondary N) is 2. The van der Waals surface area contributed by atoms with E-state index in [2.05, 4.69) is 5.32 Å². The van der Waals surface area contributed by atoms with E-state index in [1.54, 1.807) is 81.4 Å². The fourth-order valence-corrected chi connectivity index (χ4v) is 7.48. The van der Waals surface area contributed by atoms with Gasteiger partial charge >= 0.3 is 18.0 Å². The average molecular weight is 1040 g/mol. The molecule has 2 aliphatic rings. The van der Waals surface area contributed by atoms with Crippen LogP contribution in [0.15, 0.2) is 152 Å². The fraction of sp³-hybridized carbons (Fsp3) is 0.358. The molecule has 0 saturated carbocycles. The topological polar surface area (TPSA) is 190 Å². The third kappa shape index (κ3) is 16.7. The molecule has 0 radical (unpaired) electrons. The van der Waals surface area contributed by atoms with Gasteiger partial charge in [-0.05, 0) is 63.1 Å². The number of aliphatic hydroxyl groups is 1. The van der Waals surface area contributed by atoms with Crippen molar-refractivity contribution >= 4 is 58.7 Å². The van der Waals surface area contributed by atoms with Gasteiger partial charge in [0, 0.05) is 5.56 Å². The van der Waals surface area contributed by atoms with E-state index in [0.717, 1.165) is 16.7 Å². The molecule has 0 aromatic heterocycles. The van der Waals surface area contributed by atoms with Gasteiger partial charge in [0.1, 0.15) is 36.1 Å². The Morgan fingerprint density at radius 1 is 0.704 bits per heavy atom. The third-order valence-corrected chi connectivity index (χ3v) is 11.2. The molecule has 0 bridgehead atoms. The second-order valence-electron chi connectivity index (χ2n) is 17.3. The van der Waals surface area contributed by atoms with Crippen LogP contribution < -0.4 is 5.32 Å². The summed E-state index contributed by atoms with van der Waals surface area (Å²) in [5, 5.41) is 20.6. The van der Waals surface area contributed by atoms with Crippen molar-refractivity contribution in [2.45, 2.75) is 106 Å². The van der Waals surface area contributed by atoms with Crippen LogP contribution in [-0.4, -0.2) is 101 Å². The summed E-state index contributed by atoms with van der Waals surface area (Å²) < 4.78 is 51.5. The second kappa shape index (κ2) is 26.2. The van der Waals surface area contributed by atoms with Gasteiger partial charge in [-0.15, -0.1) is 0 Å². The van der Waals surface area contributed by atoms with Crippen molar-refractivity contribution in [3.63, 3.8) is 0 Å². The van der Waals surface area contributed by atoms with Crippen LogP contribution in [0, 0.1) is 5.41 Å². The molecule has 2 fully saturated rings. The molecular formula is C53H57Cl3N2O13. The summed E-state index contributed by atoms with van der Waals surface area (Å²) in [7, 11) is 0. The Hall–Kier alpha value is -5.59. The zero-order valence-electron chi connectivity index (χ0n) is 39.4. The average Bonchev–Trinajstić information content (AvgIpc) is 3.36. The molecule has 2 aliphatic heterocycles. The lowest BCUT2D eigenvalue weighted by Crippen LogP contribution is -2.64. The van der Waals surface area contributed by atoms with Crippen LogP contribution in [0.2, 0.25) is 0 Å². The largest absolute Gasteiger partial charge is 0.455 e. The highest BCUT2D eigenvalue weighted by Crippen LogP contribution is 2.39. The lowest BCUT2D eigenvalue weighted by atomic mass is 9.97. The Morgan fingerprint density at radius 3 is 1.68 bits per heavy atom. The van der Waals surface area contributed by atoms with E-state index in [9.17, 15) is 19.5 Å². The molecule has 18 heteroatoms. The van der Waals surface area contributed by atoms with Gasteiger partial charge in [0.25, 0.3) is 3.79 Å². The summed E-state index contributed by atoms with van der Waals surface area (Å²) >= 11 is 17.8. The Kier molecular flexibility index (Phi) is 20.2. The van der Waals surface area contributed by atoms with E-state index >= 15 is 0 Å². The van der Waals surface area contributed by atoms with E-state index in [-0.39, 0.29) is 25.4 Å². The number of halogens is 3. The number of amides is 1. The highest BCUT2D eigenvalue weighted by molar-refractivity contribution is 6.76. The summed E-state index contributed by atoms with van der Waals surface area (Å²) in [6.45, 7) is 6.73. The molecule has 0 spiro atoms. The summed E-state index contributed by atoms with van der Waals surface area (Å²) in [4.78, 5) is 37.4. The molecule has 2 saturated heterocycles. The predicted octanol–water partition coefficient (Wildman–Crippen LogP) is 9.70. The molecule has 5 aromatic rings. The molecule has 15 nitrogen and oxygen atoms in total. The van der Waals surface area contributed by atoms with Gasteiger partial charge < -0.3 is 53.1 Å². The Morgan fingerprint density at radius 2 is 1.18 bits per heavy atom. The van der Waals surface area contributed by atoms with E-state index in [1.807, 2.05) is 91.0 Å².